The summed E-state index contributed by atoms with van der Waals surface area (Å²) in [5.74, 6) is -4.90. The average molecular weight is 832 g/mol. The molecule has 2 saturated heterocycles. The number of benzene rings is 2. The molecule has 0 radical (unpaired) electrons. The van der Waals surface area contributed by atoms with Crippen molar-refractivity contribution < 1.29 is 33.6 Å². The highest BCUT2D eigenvalue weighted by atomic mass is 16.2. The second kappa shape index (κ2) is 23.0. The van der Waals surface area contributed by atoms with E-state index in [2.05, 4.69) is 41.9 Å². The van der Waals surface area contributed by atoms with Gasteiger partial charge in [0.1, 0.15) is 36.3 Å². The predicted molar refractivity (Wildman–Crippen MR) is 223 cm³/mol. The van der Waals surface area contributed by atoms with Crippen LogP contribution in [0.25, 0.3) is 0 Å². The average Bonchev–Trinajstić information content (AvgIpc) is 3.71. The van der Waals surface area contributed by atoms with Gasteiger partial charge in [0.25, 0.3) is 0 Å². The zero-order valence-corrected chi connectivity index (χ0v) is 33.7. The molecule has 324 valence electrons. The number of nitrogens with zero attached hydrogens (tertiary/aromatic N) is 3. The second-order valence-corrected chi connectivity index (χ2v) is 14.7. The molecule has 2 heterocycles. The number of amides is 7. The number of carbonyl (C=O) groups is 7. The van der Waals surface area contributed by atoms with E-state index < -0.39 is 84.1 Å². The normalized spacial score (nSPS) is 21.9. The Bertz CT molecular complexity index is 1870. The summed E-state index contributed by atoms with van der Waals surface area (Å²) < 4.78 is 0. The second-order valence-electron chi connectivity index (χ2n) is 14.7. The van der Waals surface area contributed by atoms with E-state index in [9.17, 15) is 33.6 Å². The van der Waals surface area contributed by atoms with Crippen LogP contribution in [0.15, 0.2) is 70.6 Å². The lowest BCUT2D eigenvalue weighted by Crippen LogP contribution is -2.62. The smallest absolute Gasteiger partial charge is 0.247 e. The summed E-state index contributed by atoms with van der Waals surface area (Å²) >= 11 is 0. The third-order valence-corrected chi connectivity index (χ3v) is 9.98. The fourth-order valence-electron chi connectivity index (χ4n) is 7.02. The van der Waals surface area contributed by atoms with Gasteiger partial charge in [-0.2, -0.15) is 0 Å². The summed E-state index contributed by atoms with van der Waals surface area (Å²) in [5, 5.41) is 16.4. The molecular weight excluding hydrogens is 775 g/mol. The molecule has 2 fully saturated rings. The number of carbonyl (C=O) groups excluding carboxylic acids is 7. The van der Waals surface area contributed by atoms with Crippen LogP contribution in [-0.4, -0.2) is 121 Å². The zero-order chi connectivity index (χ0) is 43.6. The van der Waals surface area contributed by atoms with Crippen LogP contribution in [0, 0.1) is 0 Å². The molecule has 2 aliphatic heterocycles. The van der Waals surface area contributed by atoms with Gasteiger partial charge in [0.2, 0.25) is 41.4 Å². The minimum absolute atomic E-state index is 0.0346. The van der Waals surface area contributed by atoms with E-state index in [1.807, 2.05) is 0 Å². The van der Waals surface area contributed by atoms with E-state index in [1.165, 1.54) is 11.8 Å². The molecule has 7 amide bonds. The predicted octanol–water partition coefficient (Wildman–Crippen LogP) is -2.86. The van der Waals surface area contributed by atoms with Crippen LogP contribution in [0.4, 0.5) is 0 Å². The van der Waals surface area contributed by atoms with Gasteiger partial charge < -0.3 is 59.7 Å². The summed E-state index contributed by atoms with van der Waals surface area (Å²) in [6.45, 7) is 1.24. The Morgan fingerprint density at radius 3 is 1.87 bits per heavy atom. The highest BCUT2D eigenvalue weighted by Crippen LogP contribution is 2.20. The molecule has 20 heteroatoms. The van der Waals surface area contributed by atoms with Crippen LogP contribution in [0.2, 0.25) is 0 Å². The summed E-state index contributed by atoms with van der Waals surface area (Å²) in [7, 11) is 0. The van der Waals surface area contributed by atoms with Crippen LogP contribution in [0.1, 0.15) is 56.6 Å². The minimum atomic E-state index is -1.42. The number of hydrogen-bond donors (Lipinski definition) is 10. The van der Waals surface area contributed by atoms with Crippen LogP contribution in [0.5, 0.6) is 0 Å². The summed E-state index contributed by atoms with van der Waals surface area (Å²) in [6, 6.07) is 10.7. The Morgan fingerprint density at radius 2 is 1.28 bits per heavy atom. The molecule has 0 aromatic heterocycles. The van der Waals surface area contributed by atoms with Crippen LogP contribution < -0.4 is 54.8 Å². The lowest BCUT2D eigenvalue weighted by atomic mass is 10.0. The number of rotatable bonds is 15. The third-order valence-electron chi connectivity index (χ3n) is 9.98. The highest BCUT2D eigenvalue weighted by Gasteiger charge is 2.40. The molecule has 2 aromatic carbocycles. The number of hydrogen-bond acceptors (Lipinski definition) is 9. The lowest BCUT2D eigenvalue weighted by molar-refractivity contribution is -0.143. The highest BCUT2D eigenvalue weighted by molar-refractivity contribution is 5.98. The van der Waals surface area contributed by atoms with Crippen molar-refractivity contribution in [2.75, 3.05) is 26.2 Å². The molecule has 20 nitrogen and oxygen atoms in total. The molecule has 2 unspecified atom stereocenters. The molecular formula is C40H57N13O7. The number of fused-ring (bicyclic) bond motifs is 1. The van der Waals surface area contributed by atoms with Gasteiger partial charge in [-0.15, -0.1) is 0 Å². The van der Waals surface area contributed by atoms with Gasteiger partial charge >= 0.3 is 0 Å². The Kier molecular flexibility index (Phi) is 17.6. The van der Waals surface area contributed by atoms with Gasteiger partial charge in [-0.1, -0.05) is 60.7 Å². The maximum absolute atomic E-state index is 14.4. The van der Waals surface area contributed by atoms with Gasteiger partial charge in [-0.3, -0.25) is 43.5 Å². The molecule has 60 heavy (non-hydrogen) atoms. The van der Waals surface area contributed by atoms with E-state index in [0.29, 0.717) is 12.0 Å². The van der Waals surface area contributed by atoms with Gasteiger partial charge in [-0.25, -0.2) is 0 Å². The first-order valence-electron chi connectivity index (χ1n) is 20.0. The van der Waals surface area contributed by atoms with Crippen molar-refractivity contribution in [3.05, 3.63) is 71.8 Å². The SMILES string of the molecule is CC(=O)N[C@@H](Cc1ccccc1)C(=O)NC1CNC(=O)[C@H](CCCN=C(N)N)NC(=O)[C@H](Cc2ccccc2)NC(=O)[C@@H](CCCN=C(N)N)NC(=O)C2CCCN2C1=O. The Hall–Kier alpha value is -6.73. The van der Waals surface area contributed by atoms with Crippen LogP contribution in [-0.2, 0) is 46.4 Å². The molecule has 0 spiro atoms. The fourth-order valence-corrected chi connectivity index (χ4v) is 7.02. The molecule has 6 atom stereocenters. The van der Waals surface area contributed by atoms with Gasteiger partial charge in [0, 0.05) is 45.9 Å². The molecule has 0 saturated carbocycles. The molecule has 2 aliphatic rings. The lowest BCUT2D eigenvalue weighted by Gasteiger charge is -2.32. The maximum Gasteiger partial charge on any atom is 0.247 e. The Labute approximate surface area is 348 Å². The number of nitrogens with one attached hydrogen (secondary N) is 6. The van der Waals surface area contributed by atoms with E-state index >= 15 is 0 Å². The number of aliphatic imine (C=N–C) groups is 2. The van der Waals surface area contributed by atoms with Crippen molar-refractivity contribution in [2.24, 2.45) is 32.9 Å². The molecule has 0 aliphatic carbocycles. The van der Waals surface area contributed by atoms with Crippen LogP contribution >= 0.6 is 0 Å². The molecule has 2 aromatic rings. The van der Waals surface area contributed by atoms with E-state index in [-0.39, 0.29) is 76.5 Å². The number of guanidine groups is 2. The van der Waals surface area contributed by atoms with Gasteiger partial charge in [0.05, 0.1) is 0 Å². The monoisotopic (exact) mass is 831 g/mol. The van der Waals surface area contributed by atoms with Crippen molar-refractivity contribution in [1.29, 1.82) is 0 Å². The van der Waals surface area contributed by atoms with Crippen molar-refractivity contribution in [1.82, 2.24) is 36.8 Å². The van der Waals surface area contributed by atoms with Crippen LogP contribution in [0.3, 0.4) is 0 Å². The molecule has 0 bridgehead atoms. The topological polar surface area (TPSA) is 324 Å². The van der Waals surface area contributed by atoms with E-state index in [0.717, 1.165) is 5.56 Å². The molecule has 4 rings (SSSR count). The first-order chi connectivity index (χ1) is 28.7. The summed E-state index contributed by atoms with van der Waals surface area (Å²) in [5.41, 5.74) is 23.4. The van der Waals surface area contributed by atoms with Gasteiger partial charge in [0.15, 0.2) is 11.9 Å². The third kappa shape index (κ3) is 14.6. The van der Waals surface area contributed by atoms with Crippen molar-refractivity contribution >= 4 is 53.3 Å². The first-order valence-corrected chi connectivity index (χ1v) is 20.0. The fraction of sp³-hybridized carbons (Fsp3) is 0.475. The van der Waals surface area contributed by atoms with Crippen molar-refractivity contribution in [2.45, 2.75) is 94.5 Å². The quantitative estimate of drug-likeness (QED) is 0.0495. The minimum Gasteiger partial charge on any atom is -0.370 e. The molecule has 14 N–H and O–H groups in total. The maximum atomic E-state index is 14.4. The van der Waals surface area contributed by atoms with Crippen molar-refractivity contribution in [3.63, 3.8) is 0 Å². The van der Waals surface area contributed by atoms with Crippen molar-refractivity contribution in [3.8, 4) is 0 Å². The largest absolute Gasteiger partial charge is 0.370 e. The van der Waals surface area contributed by atoms with E-state index in [1.54, 1.807) is 60.7 Å². The van der Waals surface area contributed by atoms with E-state index in [4.69, 9.17) is 22.9 Å². The summed E-state index contributed by atoms with van der Waals surface area (Å²) in [6.07, 6.45) is 1.43. The summed E-state index contributed by atoms with van der Waals surface area (Å²) in [4.78, 5) is 106. The first kappa shape index (κ1) is 46.0. The Morgan fingerprint density at radius 1 is 0.750 bits per heavy atom. The Balaban J connectivity index is 1.72. The zero-order valence-electron chi connectivity index (χ0n) is 33.7. The number of nitrogens with two attached hydrogens (primary N) is 4. The van der Waals surface area contributed by atoms with Gasteiger partial charge in [-0.05, 0) is 49.7 Å². The standard InChI is InChI=1S/C40H57N13O7/c1-24(54)48-29(21-25-11-4-2-5-12-25)35(57)52-31-23-47-33(55)27(15-8-18-45-39(41)42)49-36(58)30(22-26-13-6-3-7-14-26)51-34(56)28(16-9-19-46-40(43)44)50-37(59)32-17-10-20-53(32)38(31)60/h2-7,11-14,27-32H,8-10,15-23H2,1H3,(H,47,55)(H,48,54)(H,49,58)(H,50,59)(H,51,56)(H,52,57)(H4,41,42,45)(H4,43,44,46)/t27-,28+,29-,30-,31?,32?/m0/s1.